The van der Waals surface area contributed by atoms with Gasteiger partial charge in [-0.25, -0.2) is 0 Å². The number of nitrogens with zero attached hydrogens (tertiary/aromatic N) is 3. The Morgan fingerprint density at radius 1 is 0.875 bits per heavy atom. The second-order valence-electron chi connectivity index (χ2n) is 5.69. The summed E-state index contributed by atoms with van der Waals surface area (Å²) in [6.45, 7) is 6.07. The molecule has 5 nitrogen and oxygen atoms in total. The first-order valence-corrected chi connectivity index (χ1v) is 7.96. The van der Waals surface area contributed by atoms with E-state index in [1.54, 1.807) is 6.20 Å². The number of anilines is 4. The maximum atomic E-state index is 5.99. The number of nitrogens with one attached hydrogen (secondary N) is 2. The molecule has 24 heavy (non-hydrogen) atoms. The summed E-state index contributed by atoms with van der Waals surface area (Å²) in [5.74, 6) is 1.06. The molecule has 6 heteroatoms. The lowest BCUT2D eigenvalue weighted by Crippen LogP contribution is -2.04. The van der Waals surface area contributed by atoms with Crippen molar-refractivity contribution in [2.24, 2.45) is 0 Å². The van der Waals surface area contributed by atoms with E-state index in [0.29, 0.717) is 16.8 Å². The molecule has 1 aromatic heterocycles. The quantitative estimate of drug-likeness (QED) is 0.705. The number of aromatic nitrogens is 3. The van der Waals surface area contributed by atoms with Crippen molar-refractivity contribution in [2.75, 3.05) is 10.6 Å². The van der Waals surface area contributed by atoms with Crippen LogP contribution >= 0.6 is 11.6 Å². The van der Waals surface area contributed by atoms with Crippen LogP contribution in [0.25, 0.3) is 0 Å². The molecule has 0 saturated heterocycles. The molecule has 0 fully saturated rings. The largest absolute Gasteiger partial charge is 0.339 e. The van der Waals surface area contributed by atoms with E-state index in [0.717, 1.165) is 22.5 Å². The maximum Gasteiger partial charge on any atom is 0.249 e. The van der Waals surface area contributed by atoms with E-state index in [2.05, 4.69) is 44.0 Å². The highest BCUT2D eigenvalue weighted by molar-refractivity contribution is 6.30. The fourth-order valence-corrected chi connectivity index (χ4v) is 2.54. The molecule has 2 N–H and O–H groups in total. The highest BCUT2D eigenvalue weighted by atomic mass is 35.5. The Bertz CT molecular complexity index is 879. The van der Waals surface area contributed by atoms with Crippen LogP contribution in [0.1, 0.15) is 16.7 Å². The number of halogens is 1. The molecule has 3 aromatic rings. The second-order valence-corrected chi connectivity index (χ2v) is 6.13. The van der Waals surface area contributed by atoms with Crippen LogP contribution in [0, 0.1) is 20.8 Å². The van der Waals surface area contributed by atoms with E-state index >= 15 is 0 Å². The Hall–Kier alpha value is -2.66. The van der Waals surface area contributed by atoms with Crippen molar-refractivity contribution in [1.29, 1.82) is 0 Å². The van der Waals surface area contributed by atoms with E-state index in [1.165, 1.54) is 5.56 Å². The molecule has 0 radical (unpaired) electrons. The number of hydrogen-bond donors (Lipinski definition) is 2. The third-order valence-corrected chi connectivity index (χ3v) is 3.88. The average molecular weight is 340 g/mol. The molecule has 2 aromatic carbocycles. The summed E-state index contributed by atoms with van der Waals surface area (Å²) in [4.78, 5) is 4.47. The number of benzene rings is 2. The van der Waals surface area contributed by atoms with Crippen molar-refractivity contribution in [1.82, 2.24) is 15.2 Å². The van der Waals surface area contributed by atoms with E-state index in [9.17, 15) is 0 Å². The van der Waals surface area contributed by atoms with E-state index in [1.807, 2.05) is 39.0 Å². The standard InChI is InChI=1S/C18H18ClN5/c1-11-4-5-12(2)16(8-11)22-18-23-17(10-20-24-18)21-15-7-6-14(19)9-13(15)3/h4-10H,1-3H3,(H2,21,22,23,24). The maximum absolute atomic E-state index is 5.99. The van der Waals surface area contributed by atoms with Crippen molar-refractivity contribution < 1.29 is 0 Å². The minimum absolute atomic E-state index is 0.445. The molecular weight excluding hydrogens is 322 g/mol. The van der Waals surface area contributed by atoms with Gasteiger partial charge in [0.2, 0.25) is 5.95 Å². The van der Waals surface area contributed by atoms with Crippen molar-refractivity contribution >= 4 is 34.7 Å². The van der Waals surface area contributed by atoms with Crippen LogP contribution < -0.4 is 10.6 Å². The smallest absolute Gasteiger partial charge is 0.249 e. The monoisotopic (exact) mass is 339 g/mol. The molecule has 0 unspecified atom stereocenters. The molecule has 0 spiro atoms. The predicted octanol–water partition coefficient (Wildman–Crippen LogP) is 4.94. The SMILES string of the molecule is Cc1ccc(C)c(Nc2nncc(Nc3ccc(Cl)cc3C)n2)c1. The van der Waals surface area contributed by atoms with Gasteiger partial charge in [0.1, 0.15) is 0 Å². The molecule has 3 rings (SSSR count). The summed E-state index contributed by atoms with van der Waals surface area (Å²) in [6, 6.07) is 11.8. The van der Waals surface area contributed by atoms with Gasteiger partial charge in [0.25, 0.3) is 0 Å². The zero-order chi connectivity index (χ0) is 17.1. The highest BCUT2D eigenvalue weighted by Gasteiger charge is 2.06. The second kappa shape index (κ2) is 6.84. The zero-order valence-electron chi connectivity index (χ0n) is 13.8. The summed E-state index contributed by atoms with van der Waals surface area (Å²) in [5.41, 5.74) is 5.22. The lowest BCUT2D eigenvalue weighted by molar-refractivity contribution is 0.981. The third-order valence-electron chi connectivity index (χ3n) is 3.65. The van der Waals surface area contributed by atoms with Crippen molar-refractivity contribution in [2.45, 2.75) is 20.8 Å². The molecule has 0 atom stereocenters. The summed E-state index contributed by atoms with van der Waals surface area (Å²) >= 11 is 5.99. The molecular formula is C18H18ClN5. The average Bonchev–Trinajstić information content (AvgIpc) is 2.54. The molecule has 122 valence electrons. The van der Waals surface area contributed by atoms with Gasteiger partial charge in [0, 0.05) is 16.4 Å². The van der Waals surface area contributed by atoms with Gasteiger partial charge in [0.15, 0.2) is 5.82 Å². The number of hydrogen-bond acceptors (Lipinski definition) is 5. The van der Waals surface area contributed by atoms with Crippen LogP contribution in [0.4, 0.5) is 23.1 Å². The van der Waals surface area contributed by atoms with Gasteiger partial charge in [0.05, 0.1) is 6.20 Å². The zero-order valence-corrected chi connectivity index (χ0v) is 14.5. The van der Waals surface area contributed by atoms with Crippen LogP contribution in [-0.2, 0) is 0 Å². The molecule has 0 aliphatic heterocycles. The fraction of sp³-hybridized carbons (Fsp3) is 0.167. The van der Waals surface area contributed by atoms with E-state index in [4.69, 9.17) is 11.6 Å². The van der Waals surface area contributed by atoms with Gasteiger partial charge in [-0.05, 0) is 61.7 Å². The molecule has 0 amide bonds. The Morgan fingerprint density at radius 2 is 1.71 bits per heavy atom. The Labute approximate surface area is 146 Å². The van der Waals surface area contributed by atoms with Crippen molar-refractivity contribution in [3.8, 4) is 0 Å². The van der Waals surface area contributed by atoms with Crippen LogP contribution in [0.3, 0.4) is 0 Å². The number of rotatable bonds is 4. The summed E-state index contributed by atoms with van der Waals surface area (Å²) in [7, 11) is 0. The van der Waals surface area contributed by atoms with Gasteiger partial charge < -0.3 is 10.6 Å². The van der Waals surface area contributed by atoms with Gasteiger partial charge in [-0.3, -0.25) is 0 Å². The molecule has 0 aliphatic carbocycles. The van der Waals surface area contributed by atoms with Crippen LogP contribution in [-0.4, -0.2) is 15.2 Å². The highest BCUT2D eigenvalue weighted by Crippen LogP contribution is 2.24. The molecule has 0 aliphatic rings. The van der Waals surface area contributed by atoms with E-state index in [-0.39, 0.29) is 0 Å². The van der Waals surface area contributed by atoms with Crippen molar-refractivity contribution in [3.63, 3.8) is 0 Å². The fourth-order valence-electron chi connectivity index (χ4n) is 2.31. The summed E-state index contributed by atoms with van der Waals surface area (Å²) in [6.07, 6.45) is 1.59. The van der Waals surface area contributed by atoms with Crippen LogP contribution in [0.15, 0.2) is 42.6 Å². The van der Waals surface area contributed by atoms with E-state index < -0.39 is 0 Å². The molecule has 0 bridgehead atoms. The Morgan fingerprint density at radius 3 is 2.50 bits per heavy atom. The topological polar surface area (TPSA) is 62.7 Å². The van der Waals surface area contributed by atoms with Crippen LogP contribution in [0.5, 0.6) is 0 Å². The first kappa shape index (κ1) is 16.2. The summed E-state index contributed by atoms with van der Waals surface area (Å²) < 4.78 is 0. The minimum Gasteiger partial charge on any atom is -0.339 e. The van der Waals surface area contributed by atoms with Gasteiger partial charge in [-0.2, -0.15) is 10.1 Å². The lowest BCUT2D eigenvalue weighted by Gasteiger charge is -2.11. The molecule has 1 heterocycles. The van der Waals surface area contributed by atoms with Gasteiger partial charge in [-0.15, -0.1) is 5.10 Å². The first-order valence-electron chi connectivity index (χ1n) is 7.58. The normalized spacial score (nSPS) is 10.5. The molecule has 0 saturated carbocycles. The lowest BCUT2D eigenvalue weighted by atomic mass is 10.1. The number of aryl methyl sites for hydroxylation is 3. The van der Waals surface area contributed by atoms with Crippen molar-refractivity contribution in [3.05, 3.63) is 64.3 Å². The van der Waals surface area contributed by atoms with Gasteiger partial charge in [-0.1, -0.05) is 23.7 Å². The van der Waals surface area contributed by atoms with Crippen LogP contribution in [0.2, 0.25) is 5.02 Å². The predicted molar refractivity (Wildman–Crippen MR) is 98.5 cm³/mol. The minimum atomic E-state index is 0.445. The summed E-state index contributed by atoms with van der Waals surface area (Å²) in [5, 5.41) is 15.2. The Balaban J connectivity index is 1.82. The van der Waals surface area contributed by atoms with Gasteiger partial charge >= 0.3 is 0 Å². The Kier molecular flexibility index (Phi) is 4.62. The first-order chi connectivity index (χ1) is 11.5. The third kappa shape index (κ3) is 3.81.